The van der Waals surface area contributed by atoms with Crippen molar-refractivity contribution < 1.29 is 14.1 Å². The number of nitrogens with zero attached hydrogens (tertiary/aromatic N) is 1. The molecule has 8 heteroatoms. The van der Waals surface area contributed by atoms with E-state index in [2.05, 4.69) is 5.32 Å². The van der Waals surface area contributed by atoms with E-state index in [-0.39, 0.29) is 21.3 Å². The summed E-state index contributed by atoms with van der Waals surface area (Å²) in [6.45, 7) is 0. The summed E-state index contributed by atoms with van der Waals surface area (Å²) in [7, 11) is 0. The Balaban J connectivity index is 2.29. The van der Waals surface area contributed by atoms with Crippen molar-refractivity contribution in [3.05, 3.63) is 67.9 Å². The lowest BCUT2D eigenvalue weighted by Gasteiger charge is -2.09. The lowest BCUT2D eigenvalue weighted by Crippen LogP contribution is -2.13. The smallest absolute Gasteiger partial charge is 0.304 e. The molecule has 0 aromatic heterocycles. The standard InChI is InChI=1S/C13H7Cl2FN2O3/c14-8-2-1-3-9(15)12(8)17-13(19)7-4-5-11(18(20)21)10(16)6-7/h1-6H,(H,17,19). The van der Waals surface area contributed by atoms with E-state index < -0.39 is 22.3 Å². The Kier molecular flexibility index (Phi) is 4.40. The predicted octanol–water partition coefficient (Wildman–Crippen LogP) is 4.29. The van der Waals surface area contributed by atoms with E-state index in [1.54, 1.807) is 6.07 Å². The van der Waals surface area contributed by atoms with Gasteiger partial charge in [-0.15, -0.1) is 0 Å². The average Bonchev–Trinajstić information content (AvgIpc) is 2.42. The first-order chi connectivity index (χ1) is 9.90. The van der Waals surface area contributed by atoms with Gasteiger partial charge < -0.3 is 5.32 Å². The minimum Gasteiger partial charge on any atom is -0.319 e. The highest BCUT2D eigenvalue weighted by molar-refractivity contribution is 6.40. The Morgan fingerprint density at radius 1 is 1.19 bits per heavy atom. The molecule has 5 nitrogen and oxygen atoms in total. The van der Waals surface area contributed by atoms with E-state index in [9.17, 15) is 19.3 Å². The number of amides is 1. The monoisotopic (exact) mass is 328 g/mol. The van der Waals surface area contributed by atoms with Crippen LogP contribution < -0.4 is 5.32 Å². The van der Waals surface area contributed by atoms with Crippen LogP contribution in [-0.2, 0) is 0 Å². The fourth-order valence-electron chi connectivity index (χ4n) is 1.60. The molecule has 0 aliphatic carbocycles. The number of carbonyl (C=O) groups excluding carboxylic acids is 1. The van der Waals surface area contributed by atoms with Crippen LogP contribution in [0, 0.1) is 15.9 Å². The lowest BCUT2D eigenvalue weighted by molar-refractivity contribution is -0.387. The molecular formula is C13H7Cl2FN2O3. The van der Waals surface area contributed by atoms with Crippen LogP contribution in [0.15, 0.2) is 36.4 Å². The topological polar surface area (TPSA) is 72.2 Å². The summed E-state index contributed by atoms with van der Waals surface area (Å²) >= 11 is 11.8. The lowest BCUT2D eigenvalue weighted by atomic mass is 10.2. The Labute approximate surface area is 128 Å². The summed E-state index contributed by atoms with van der Waals surface area (Å²) in [5.41, 5.74) is -0.610. The number of carbonyl (C=O) groups is 1. The molecule has 0 atom stereocenters. The minimum absolute atomic E-state index is 0.0888. The third-order valence-corrected chi connectivity index (χ3v) is 3.24. The van der Waals surface area contributed by atoms with Gasteiger partial charge in [0.05, 0.1) is 20.7 Å². The highest BCUT2D eigenvalue weighted by Crippen LogP contribution is 2.30. The van der Waals surface area contributed by atoms with Crippen LogP contribution in [0.3, 0.4) is 0 Å². The third-order valence-electron chi connectivity index (χ3n) is 2.61. The molecule has 108 valence electrons. The number of nitro benzene ring substituents is 1. The maximum atomic E-state index is 13.5. The molecule has 1 N–H and O–H groups in total. The van der Waals surface area contributed by atoms with Crippen LogP contribution >= 0.6 is 23.2 Å². The van der Waals surface area contributed by atoms with Crippen molar-refractivity contribution in [2.24, 2.45) is 0 Å². The Morgan fingerprint density at radius 2 is 1.81 bits per heavy atom. The van der Waals surface area contributed by atoms with E-state index >= 15 is 0 Å². The fourth-order valence-corrected chi connectivity index (χ4v) is 2.09. The van der Waals surface area contributed by atoms with E-state index in [0.29, 0.717) is 0 Å². The van der Waals surface area contributed by atoms with Crippen LogP contribution in [0.2, 0.25) is 10.0 Å². The molecule has 0 fully saturated rings. The molecule has 0 aliphatic heterocycles. The SMILES string of the molecule is O=C(Nc1c(Cl)cccc1Cl)c1ccc([N+](=O)[O-])c(F)c1. The molecule has 2 rings (SSSR count). The Bertz CT molecular complexity index is 717. The molecule has 0 radical (unpaired) electrons. The number of nitro groups is 1. The quantitative estimate of drug-likeness (QED) is 0.674. The Morgan fingerprint density at radius 3 is 2.33 bits per heavy atom. The number of rotatable bonds is 3. The van der Waals surface area contributed by atoms with Crippen molar-refractivity contribution >= 4 is 40.5 Å². The van der Waals surface area contributed by atoms with Crippen molar-refractivity contribution in [3.63, 3.8) is 0 Å². The van der Waals surface area contributed by atoms with Crippen LogP contribution in [0.1, 0.15) is 10.4 Å². The van der Waals surface area contributed by atoms with Gasteiger partial charge in [-0.05, 0) is 24.3 Å². The Hall–Kier alpha value is -2.18. The number of benzene rings is 2. The van der Waals surface area contributed by atoms with Gasteiger partial charge in [-0.25, -0.2) is 0 Å². The first-order valence-corrected chi connectivity index (χ1v) is 6.35. The zero-order valence-corrected chi connectivity index (χ0v) is 11.8. The van der Waals surface area contributed by atoms with E-state index in [4.69, 9.17) is 23.2 Å². The molecule has 21 heavy (non-hydrogen) atoms. The molecule has 0 saturated carbocycles. The van der Waals surface area contributed by atoms with E-state index in [1.807, 2.05) is 0 Å². The first kappa shape index (κ1) is 15.2. The summed E-state index contributed by atoms with van der Waals surface area (Å²) in [6.07, 6.45) is 0. The van der Waals surface area contributed by atoms with Crippen molar-refractivity contribution in [3.8, 4) is 0 Å². The summed E-state index contributed by atoms with van der Waals surface area (Å²) in [5.74, 6) is -1.78. The largest absolute Gasteiger partial charge is 0.319 e. The number of hydrogen-bond acceptors (Lipinski definition) is 3. The highest BCUT2D eigenvalue weighted by atomic mass is 35.5. The molecule has 0 heterocycles. The average molecular weight is 329 g/mol. The highest BCUT2D eigenvalue weighted by Gasteiger charge is 2.18. The fraction of sp³-hybridized carbons (Fsp3) is 0. The molecule has 0 spiro atoms. The number of para-hydroxylation sites is 1. The second-order valence-corrected chi connectivity index (χ2v) is 4.79. The maximum Gasteiger partial charge on any atom is 0.304 e. The number of nitrogens with one attached hydrogen (secondary N) is 1. The van der Waals surface area contributed by atoms with Gasteiger partial charge in [0, 0.05) is 11.6 Å². The molecule has 0 unspecified atom stereocenters. The van der Waals surface area contributed by atoms with Crippen molar-refractivity contribution in [2.75, 3.05) is 5.32 Å². The molecule has 2 aromatic carbocycles. The van der Waals surface area contributed by atoms with Gasteiger partial charge in [0.25, 0.3) is 5.91 Å². The first-order valence-electron chi connectivity index (χ1n) is 5.59. The zero-order valence-electron chi connectivity index (χ0n) is 10.3. The summed E-state index contributed by atoms with van der Waals surface area (Å²) < 4.78 is 13.5. The van der Waals surface area contributed by atoms with Crippen LogP contribution in [0.5, 0.6) is 0 Å². The van der Waals surface area contributed by atoms with Gasteiger partial charge in [0.15, 0.2) is 0 Å². The van der Waals surface area contributed by atoms with Gasteiger partial charge >= 0.3 is 5.69 Å². The maximum absolute atomic E-state index is 13.5. The molecule has 2 aromatic rings. The number of anilines is 1. The second-order valence-electron chi connectivity index (χ2n) is 3.97. The van der Waals surface area contributed by atoms with Crippen LogP contribution in [-0.4, -0.2) is 10.8 Å². The van der Waals surface area contributed by atoms with Gasteiger partial charge in [0.2, 0.25) is 5.82 Å². The number of halogens is 3. The predicted molar refractivity (Wildman–Crippen MR) is 77.5 cm³/mol. The third kappa shape index (κ3) is 3.29. The van der Waals surface area contributed by atoms with E-state index in [1.165, 1.54) is 12.1 Å². The van der Waals surface area contributed by atoms with E-state index in [0.717, 1.165) is 18.2 Å². The van der Waals surface area contributed by atoms with Gasteiger partial charge in [-0.2, -0.15) is 4.39 Å². The summed E-state index contributed by atoms with van der Waals surface area (Å²) in [6, 6.07) is 7.49. The number of hydrogen-bond donors (Lipinski definition) is 1. The van der Waals surface area contributed by atoms with Crippen LogP contribution in [0.25, 0.3) is 0 Å². The van der Waals surface area contributed by atoms with Crippen molar-refractivity contribution in [2.45, 2.75) is 0 Å². The van der Waals surface area contributed by atoms with Gasteiger partial charge in [-0.3, -0.25) is 14.9 Å². The molecule has 0 bridgehead atoms. The van der Waals surface area contributed by atoms with Crippen molar-refractivity contribution in [1.82, 2.24) is 0 Å². The minimum atomic E-state index is -1.10. The normalized spacial score (nSPS) is 10.2. The van der Waals surface area contributed by atoms with Crippen molar-refractivity contribution in [1.29, 1.82) is 0 Å². The van der Waals surface area contributed by atoms with Gasteiger partial charge in [-0.1, -0.05) is 29.3 Å². The molecule has 0 saturated heterocycles. The van der Waals surface area contributed by atoms with Crippen LogP contribution in [0.4, 0.5) is 15.8 Å². The second kappa shape index (κ2) is 6.07. The molecule has 1 amide bonds. The molecular weight excluding hydrogens is 322 g/mol. The molecule has 0 aliphatic rings. The van der Waals surface area contributed by atoms with Gasteiger partial charge in [0.1, 0.15) is 0 Å². The summed E-state index contributed by atoms with van der Waals surface area (Å²) in [5, 5.41) is 13.4. The zero-order chi connectivity index (χ0) is 15.6. The summed E-state index contributed by atoms with van der Waals surface area (Å²) in [4.78, 5) is 21.6.